The summed E-state index contributed by atoms with van der Waals surface area (Å²) in [5.41, 5.74) is 0. The normalized spacial score (nSPS) is 21.4. The van der Waals surface area contributed by atoms with Gasteiger partial charge in [-0.1, -0.05) is 11.6 Å². The number of aliphatic hydroxyl groups is 1. The van der Waals surface area contributed by atoms with Gasteiger partial charge in [-0.15, -0.1) is 0 Å². The van der Waals surface area contributed by atoms with E-state index in [1.165, 1.54) is 4.31 Å². The number of hydrogen-bond acceptors (Lipinski definition) is 3. The van der Waals surface area contributed by atoms with Gasteiger partial charge in [0.1, 0.15) is 10.7 Å². The Balaban J connectivity index is 2.42. The van der Waals surface area contributed by atoms with E-state index in [-0.39, 0.29) is 16.5 Å². The molecule has 1 aromatic carbocycles. The molecular weight excluding hydrogens is 281 g/mol. The first-order valence-electron chi connectivity index (χ1n) is 5.54. The molecule has 100 valence electrons. The molecule has 0 aliphatic carbocycles. The molecular formula is C11H13ClFNO3S. The maximum atomic E-state index is 12.9. The molecule has 1 heterocycles. The Morgan fingerprint density at radius 1 is 1.50 bits per heavy atom. The Morgan fingerprint density at radius 2 is 2.22 bits per heavy atom. The molecule has 18 heavy (non-hydrogen) atoms. The van der Waals surface area contributed by atoms with Crippen molar-refractivity contribution in [2.24, 2.45) is 0 Å². The van der Waals surface area contributed by atoms with Gasteiger partial charge in [-0.05, 0) is 31.0 Å². The standard InChI is InChI=1S/C11H13ClFNO3S/c12-10-6-8(13)3-4-11(10)18(16,17)14-5-1-2-9(14)7-15/h3-4,6,9,15H,1-2,5,7H2. The zero-order valence-corrected chi connectivity index (χ0v) is 11.1. The highest BCUT2D eigenvalue weighted by Crippen LogP contribution is 2.30. The van der Waals surface area contributed by atoms with Crippen molar-refractivity contribution in [1.82, 2.24) is 4.31 Å². The van der Waals surface area contributed by atoms with Crippen LogP contribution in [0, 0.1) is 5.82 Å². The highest BCUT2D eigenvalue weighted by molar-refractivity contribution is 7.89. The summed E-state index contributed by atoms with van der Waals surface area (Å²) in [6.07, 6.45) is 1.32. The number of halogens is 2. The number of benzene rings is 1. The van der Waals surface area contributed by atoms with Crippen molar-refractivity contribution in [3.05, 3.63) is 29.0 Å². The number of sulfonamides is 1. The van der Waals surface area contributed by atoms with E-state index in [0.29, 0.717) is 19.4 Å². The molecule has 0 amide bonds. The fourth-order valence-electron chi connectivity index (χ4n) is 2.12. The van der Waals surface area contributed by atoms with Gasteiger partial charge in [0.25, 0.3) is 0 Å². The smallest absolute Gasteiger partial charge is 0.244 e. The van der Waals surface area contributed by atoms with Crippen LogP contribution in [0.3, 0.4) is 0 Å². The molecule has 4 nitrogen and oxygen atoms in total. The molecule has 1 aliphatic rings. The van der Waals surface area contributed by atoms with Crippen LogP contribution < -0.4 is 0 Å². The molecule has 0 radical (unpaired) electrons. The molecule has 0 bridgehead atoms. The molecule has 1 fully saturated rings. The summed E-state index contributed by atoms with van der Waals surface area (Å²) in [5.74, 6) is -0.584. The molecule has 2 rings (SSSR count). The van der Waals surface area contributed by atoms with E-state index in [9.17, 15) is 12.8 Å². The molecule has 1 saturated heterocycles. The second-order valence-electron chi connectivity index (χ2n) is 4.17. The minimum atomic E-state index is -3.77. The number of nitrogens with zero attached hydrogens (tertiary/aromatic N) is 1. The van der Waals surface area contributed by atoms with E-state index in [4.69, 9.17) is 16.7 Å². The van der Waals surface area contributed by atoms with Crippen LogP contribution in [0.5, 0.6) is 0 Å². The molecule has 7 heteroatoms. The predicted molar refractivity (Wildman–Crippen MR) is 65.4 cm³/mol. The lowest BCUT2D eigenvalue weighted by atomic mass is 10.2. The van der Waals surface area contributed by atoms with E-state index >= 15 is 0 Å². The Labute approximate surface area is 110 Å². The lowest BCUT2D eigenvalue weighted by molar-refractivity contribution is 0.213. The third kappa shape index (κ3) is 2.38. The van der Waals surface area contributed by atoms with Gasteiger partial charge in [-0.25, -0.2) is 12.8 Å². The maximum absolute atomic E-state index is 12.9. The van der Waals surface area contributed by atoms with Crippen LogP contribution >= 0.6 is 11.6 Å². The van der Waals surface area contributed by atoms with Gasteiger partial charge in [-0.2, -0.15) is 4.31 Å². The summed E-state index contributed by atoms with van der Waals surface area (Å²) in [7, 11) is -3.77. The van der Waals surface area contributed by atoms with E-state index in [2.05, 4.69) is 0 Å². The average Bonchev–Trinajstić information content (AvgIpc) is 2.76. The van der Waals surface area contributed by atoms with Gasteiger partial charge in [-0.3, -0.25) is 0 Å². The van der Waals surface area contributed by atoms with Crippen LogP contribution in [0.4, 0.5) is 4.39 Å². The summed E-state index contributed by atoms with van der Waals surface area (Å²) < 4.78 is 38.8. The number of rotatable bonds is 3. The third-order valence-electron chi connectivity index (χ3n) is 3.01. The predicted octanol–water partition coefficient (Wildman–Crippen LogP) is 1.62. The maximum Gasteiger partial charge on any atom is 0.244 e. The number of aliphatic hydroxyl groups excluding tert-OH is 1. The van der Waals surface area contributed by atoms with E-state index in [0.717, 1.165) is 18.2 Å². The number of hydrogen-bond donors (Lipinski definition) is 1. The second kappa shape index (κ2) is 5.13. The SMILES string of the molecule is O=S(=O)(c1ccc(F)cc1Cl)N1CCCC1CO. The molecule has 1 atom stereocenters. The van der Waals surface area contributed by atoms with Crippen LogP contribution in [-0.4, -0.2) is 37.0 Å². The summed E-state index contributed by atoms with van der Waals surface area (Å²) in [6, 6.07) is 2.76. The van der Waals surface area contributed by atoms with Crippen molar-refractivity contribution in [3.63, 3.8) is 0 Å². The van der Waals surface area contributed by atoms with Gasteiger partial charge < -0.3 is 5.11 Å². The monoisotopic (exact) mass is 293 g/mol. The topological polar surface area (TPSA) is 57.6 Å². The van der Waals surface area contributed by atoms with Crippen molar-refractivity contribution < 1.29 is 17.9 Å². The molecule has 1 aliphatic heterocycles. The Bertz CT molecular complexity index is 549. The van der Waals surface area contributed by atoms with Crippen molar-refractivity contribution in [2.45, 2.75) is 23.8 Å². The average molecular weight is 294 g/mol. The molecule has 0 spiro atoms. The van der Waals surface area contributed by atoms with Gasteiger partial charge in [0, 0.05) is 12.6 Å². The van der Waals surface area contributed by atoms with Crippen molar-refractivity contribution in [2.75, 3.05) is 13.2 Å². The van der Waals surface area contributed by atoms with Crippen LogP contribution in [0.1, 0.15) is 12.8 Å². The molecule has 1 N–H and O–H groups in total. The molecule has 1 unspecified atom stereocenters. The lowest BCUT2D eigenvalue weighted by Crippen LogP contribution is -2.37. The first kappa shape index (κ1) is 13.7. The van der Waals surface area contributed by atoms with Gasteiger partial charge in [0.15, 0.2) is 0 Å². The molecule has 0 saturated carbocycles. The lowest BCUT2D eigenvalue weighted by Gasteiger charge is -2.22. The Hall–Kier alpha value is -0.690. The van der Waals surface area contributed by atoms with Gasteiger partial charge >= 0.3 is 0 Å². The van der Waals surface area contributed by atoms with Crippen LogP contribution in [0.2, 0.25) is 5.02 Å². The zero-order valence-electron chi connectivity index (χ0n) is 9.51. The van der Waals surface area contributed by atoms with Crippen molar-refractivity contribution >= 4 is 21.6 Å². The van der Waals surface area contributed by atoms with Gasteiger partial charge in [0.2, 0.25) is 10.0 Å². The highest BCUT2D eigenvalue weighted by Gasteiger charge is 2.35. The zero-order chi connectivity index (χ0) is 13.3. The van der Waals surface area contributed by atoms with E-state index in [1.54, 1.807) is 0 Å². The minimum absolute atomic E-state index is 0.120. The third-order valence-corrected chi connectivity index (χ3v) is 5.45. The van der Waals surface area contributed by atoms with Crippen LogP contribution in [0.15, 0.2) is 23.1 Å². The highest BCUT2D eigenvalue weighted by atomic mass is 35.5. The first-order valence-corrected chi connectivity index (χ1v) is 7.36. The Morgan fingerprint density at radius 3 is 2.83 bits per heavy atom. The first-order chi connectivity index (χ1) is 8.46. The summed E-state index contributed by atoms with van der Waals surface area (Å²) in [4.78, 5) is -0.120. The van der Waals surface area contributed by atoms with Gasteiger partial charge in [0.05, 0.1) is 11.6 Å². The fourth-order valence-corrected chi connectivity index (χ4v) is 4.31. The minimum Gasteiger partial charge on any atom is -0.395 e. The van der Waals surface area contributed by atoms with E-state index in [1.807, 2.05) is 0 Å². The largest absolute Gasteiger partial charge is 0.395 e. The van der Waals surface area contributed by atoms with Crippen molar-refractivity contribution in [3.8, 4) is 0 Å². The summed E-state index contributed by atoms with van der Waals surface area (Å²) >= 11 is 5.78. The molecule has 1 aromatic rings. The second-order valence-corrected chi connectivity index (χ2v) is 6.44. The Kier molecular flexibility index (Phi) is 3.91. The van der Waals surface area contributed by atoms with E-state index < -0.39 is 21.9 Å². The summed E-state index contributed by atoms with van der Waals surface area (Å²) in [6.45, 7) is 0.124. The van der Waals surface area contributed by atoms with Crippen LogP contribution in [0.25, 0.3) is 0 Å². The fraction of sp³-hybridized carbons (Fsp3) is 0.455. The van der Waals surface area contributed by atoms with Crippen molar-refractivity contribution in [1.29, 1.82) is 0 Å². The molecule has 0 aromatic heterocycles. The quantitative estimate of drug-likeness (QED) is 0.921. The summed E-state index contributed by atoms with van der Waals surface area (Å²) in [5, 5.41) is 9.02. The van der Waals surface area contributed by atoms with Crippen LogP contribution in [-0.2, 0) is 10.0 Å².